The average molecular weight is 331 g/mol. The summed E-state index contributed by atoms with van der Waals surface area (Å²) in [5, 5.41) is 17.5. The molecule has 1 aromatic rings. The van der Waals surface area contributed by atoms with Gasteiger partial charge in [0.25, 0.3) is 0 Å². The van der Waals surface area contributed by atoms with Gasteiger partial charge in [0.05, 0.1) is 0 Å². The Labute approximate surface area is 101 Å². The second kappa shape index (κ2) is 4.99. The molecule has 1 heterocycles. The Balaban J connectivity index is 3.18. The Morgan fingerprint density at radius 3 is 2.67 bits per heavy atom. The van der Waals surface area contributed by atoms with Crippen molar-refractivity contribution < 1.29 is 0 Å². The molecule has 7 heteroatoms. The van der Waals surface area contributed by atoms with E-state index in [1.54, 1.807) is 0 Å². The van der Waals surface area contributed by atoms with Gasteiger partial charge in [-0.25, -0.2) is 0 Å². The van der Waals surface area contributed by atoms with Crippen molar-refractivity contribution in [2.45, 2.75) is 3.73 Å². The molecular formula is C8H6BrN5Se. The van der Waals surface area contributed by atoms with Crippen LogP contribution in [0.15, 0.2) is 6.07 Å². The second-order valence-electron chi connectivity index (χ2n) is 2.49. The number of hydrogen-bond acceptors (Lipinski definition) is 5. The number of pyridine rings is 1. The van der Waals surface area contributed by atoms with Crippen molar-refractivity contribution in [3.05, 3.63) is 11.6 Å². The zero-order valence-electron chi connectivity index (χ0n) is 7.44. The molecule has 1 unspecified atom stereocenters. The molecule has 1 rings (SSSR count). The predicted molar refractivity (Wildman–Crippen MR) is 61.5 cm³/mol. The summed E-state index contributed by atoms with van der Waals surface area (Å²) in [6, 6.07) is 5.42. The fourth-order valence-electron chi connectivity index (χ4n) is 0.882. The molecule has 15 heavy (non-hydrogen) atoms. The summed E-state index contributed by atoms with van der Waals surface area (Å²) >= 11 is 2.87. The van der Waals surface area contributed by atoms with Crippen LogP contribution in [0.5, 0.6) is 0 Å². The van der Waals surface area contributed by atoms with Gasteiger partial charge in [0.2, 0.25) is 0 Å². The Morgan fingerprint density at radius 2 is 2.13 bits per heavy atom. The normalized spacial score (nSPS) is 11.4. The summed E-state index contributed by atoms with van der Waals surface area (Å²) < 4.78 is 0.164. The van der Waals surface area contributed by atoms with Gasteiger partial charge in [-0.2, -0.15) is 0 Å². The van der Waals surface area contributed by atoms with Crippen LogP contribution >= 0.6 is 15.9 Å². The van der Waals surface area contributed by atoms with Crippen LogP contribution in [-0.2, 0) is 0 Å². The maximum absolute atomic E-state index is 8.88. The molecule has 0 aliphatic rings. The summed E-state index contributed by atoms with van der Waals surface area (Å²) in [6.45, 7) is 0. The molecule has 5 nitrogen and oxygen atoms in total. The number of nitriles is 2. The molecule has 0 bridgehead atoms. The van der Waals surface area contributed by atoms with Crippen LogP contribution in [0.2, 0.25) is 0 Å². The number of anilines is 2. The van der Waals surface area contributed by atoms with Gasteiger partial charge in [0, 0.05) is 0 Å². The van der Waals surface area contributed by atoms with E-state index in [0.29, 0.717) is 15.8 Å². The standard InChI is InChI=1S/C8H6BrN5Se/c9-6(3-11)15-8-4(2-10)5(12)1-7(13)14-8/h1,6H,(H4,12,13,14). The summed E-state index contributed by atoms with van der Waals surface area (Å²) in [5.74, 6) is 0.265. The fourth-order valence-corrected chi connectivity index (χ4v) is 3.25. The zero-order chi connectivity index (χ0) is 11.4. The first-order chi connectivity index (χ1) is 7.08. The van der Waals surface area contributed by atoms with Gasteiger partial charge in [0.15, 0.2) is 0 Å². The molecular weight excluding hydrogens is 325 g/mol. The van der Waals surface area contributed by atoms with E-state index in [-0.39, 0.29) is 24.5 Å². The Kier molecular flexibility index (Phi) is 3.93. The number of nitrogens with two attached hydrogens (primary N) is 2. The van der Waals surface area contributed by atoms with Crippen molar-refractivity contribution in [2.24, 2.45) is 0 Å². The monoisotopic (exact) mass is 331 g/mol. The summed E-state index contributed by atoms with van der Waals surface area (Å²) in [5.41, 5.74) is 11.7. The molecule has 1 atom stereocenters. The fraction of sp³-hybridized carbons (Fsp3) is 0.125. The van der Waals surface area contributed by atoms with Crippen LogP contribution in [0, 0.1) is 22.7 Å². The van der Waals surface area contributed by atoms with Gasteiger partial charge >= 0.3 is 101 Å². The number of alkyl halides is 1. The summed E-state index contributed by atoms with van der Waals surface area (Å²) in [7, 11) is 0. The molecule has 0 saturated carbocycles. The van der Waals surface area contributed by atoms with Crippen molar-refractivity contribution in [2.75, 3.05) is 11.5 Å². The number of nitrogen functional groups attached to an aromatic ring is 2. The number of halogens is 1. The molecule has 0 aromatic carbocycles. The van der Waals surface area contributed by atoms with Crippen molar-refractivity contribution in [3.63, 3.8) is 0 Å². The molecule has 4 N–H and O–H groups in total. The number of hydrogen-bond donors (Lipinski definition) is 2. The summed E-state index contributed by atoms with van der Waals surface area (Å²) in [4.78, 5) is 4.01. The second-order valence-corrected chi connectivity index (χ2v) is 7.07. The minimum absolute atomic E-state index is 0.265. The third-order valence-electron chi connectivity index (χ3n) is 1.46. The predicted octanol–water partition coefficient (Wildman–Crippen LogP) is -0.308. The van der Waals surface area contributed by atoms with Gasteiger partial charge in [-0.05, 0) is 0 Å². The van der Waals surface area contributed by atoms with Crippen LogP contribution in [0.3, 0.4) is 0 Å². The van der Waals surface area contributed by atoms with Gasteiger partial charge in [-0.15, -0.1) is 0 Å². The molecule has 0 amide bonds. The van der Waals surface area contributed by atoms with E-state index in [1.807, 2.05) is 12.1 Å². The van der Waals surface area contributed by atoms with E-state index < -0.39 is 0 Å². The van der Waals surface area contributed by atoms with Crippen molar-refractivity contribution >= 4 is 47.0 Å². The minimum atomic E-state index is -0.342. The Bertz CT molecular complexity index is 461. The first-order valence-corrected chi connectivity index (χ1v) is 6.51. The Morgan fingerprint density at radius 1 is 1.47 bits per heavy atom. The Hall–Kier alpha value is -1.27. The topological polar surface area (TPSA) is 113 Å². The van der Waals surface area contributed by atoms with Gasteiger partial charge in [-0.1, -0.05) is 0 Å². The van der Waals surface area contributed by atoms with Gasteiger partial charge in [0.1, 0.15) is 0 Å². The first kappa shape index (κ1) is 11.8. The van der Waals surface area contributed by atoms with E-state index in [2.05, 4.69) is 20.9 Å². The molecule has 76 valence electrons. The van der Waals surface area contributed by atoms with Crippen LogP contribution in [0.1, 0.15) is 5.56 Å². The van der Waals surface area contributed by atoms with Gasteiger partial charge in [-0.3, -0.25) is 0 Å². The van der Waals surface area contributed by atoms with E-state index in [4.69, 9.17) is 22.0 Å². The van der Waals surface area contributed by atoms with E-state index in [1.165, 1.54) is 6.07 Å². The molecule has 0 aliphatic heterocycles. The van der Waals surface area contributed by atoms with E-state index in [9.17, 15) is 0 Å². The molecule has 0 saturated heterocycles. The molecule has 0 fully saturated rings. The quantitative estimate of drug-likeness (QED) is 0.570. The zero-order valence-corrected chi connectivity index (χ0v) is 10.7. The van der Waals surface area contributed by atoms with Crippen LogP contribution in [0.25, 0.3) is 0 Å². The molecule has 0 radical (unpaired) electrons. The van der Waals surface area contributed by atoms with E-state index >= 15 is 0 Å². The third-order valence-corrected chi connectivity index (χ3v) is 4.38. The van der Waals surface area contributed by atoms with Crippen LogP contribution in [0.4, 0.5) is 11.5 Å². The maximum atomic E-state index is 8.88. The first-order valence-electron chi connectivity index (χ1n) is 3.75. The average Bonchev–Trinajstić information content (AvgIpc) is 2.17. The van der Waals surface area contributed by atoms with Crippen LogP contribution < -0.4 is 16.1 Å². The molecule has 0 spiro atoms. The van der Waals surface area contributed by atoms with Crippen molar-refractivity contribution in [3.8, 4) is 12.1 Å². The SMILES string of the molecule is N#Cc1c(N)cc(N)nc1[Se]C(Br)C#N. The van der Waals surface area contributed by atoms with Crippen molar-refractivity contribution in [1.82, 2.24) is 4.98 Å². The number of aromatic nitrogens is 1. The van der Waals surface area contributed by atoms with E-state index in [0.717, 1.165) is 0 Å². The number of rotatable bonds is 2. The third kappa shape index (κ3) is 2.84. The van der Waals surface area contributed by atoms with Crippen LogP contribution in [-0.4, -0.2) is 23.7 Å². The van der Waals surface area contributed by atoms with Crippen molar-refractivity contribution in [1.29, 1.82) is 10.5 Å². The molecule has 0 aliphatic carbocycles. The molecule has 1 aromatic heterocycles. The van der Waals surface area contributed by atoms with Gasteiger partial charge < -0.3 is 0 Å². The number of nitrogens with zero attached hydrogens (tertiary/aromatic N) is 3. The summed E-state index contributed by atoms with van der Waals surface area (Å²) in [6.07, 6.45) is 0.